The van der Waals surface area contributed by atoms with Crippen LogP contribution < -0.4 is 4.74 Å². The third kappa shape index (κ3) is 3.98. The molecule has 4 aliphatic rings. The Morgan fingerprint density at radius 3 is 2.69 bits per heavy atom. The molecule has 5 atom stereocenters. The van der Waals surface area contributed by atoms with Crippen LogP contribution in [0.1, 0.15) is 77.2 Å². The summed E-state index contributed by atoms with van der Waals surface area (Å²) >= 11 is 0. The number of fused-ring (bicyclic) bond motifs is 4. The molecule has 0 bridgehead atoms. The van der Waals surface area contributed by atoms with Gasteiger partial charge in [-0.1, -0.05) is 36.5 Å². The Bertz CT molecular complexity index is 1160. The molecule has 5 rings (SSSR count). The largest absolute Gasteiger partial charge is 0.497 e. The lowest BCUT2D eigenvalue weighted by atomic mass is 9.51. The summed E-state index contributed by atoms with van der Waals surface area (Å²) in [7, 11) is 3.37. The van der Waals surface area contributed by atoms with Gasteiger partial charge in [0.15, 0.2) is 5.78 Å². The van der Waals surface area contributed by atoms with Gasteiger partial charge in [-0.05, 0) is 99.1 Å². The molecule has 0 unspecified atom stereocenters. The first-order valence-electron chi connectivity index (χ1n) is 13.0. The number of ketones is 1. The van der Waals surface area contributed by atoms with E-state index in [2.05, 4.69) is 37.0 Å². The van der Waals surface area contributed by atoms with E-state index in [0.29, 0.717) is 24.7 Å². The van der Waals surface area contributed by atoms with Crippen molar-refractivity contribution in [2.75, 3.05) is 14.2 Å². The van der Waals surface area contributed by atoms with Gasteiger partial charge in [0.25, 0.3) is 0 Å². The number of benzene rings is 1. The fourth-order valence-corrected chi connectivity index (χ4v) is 7.33. The zero-order valence-electron chi connectivity index (χ0n) is 21.7. The van der Waals surface area contributed by atoms with Crippen molar-refractivity contribution in [2.45, 2.75) is 82.8 Å². The topological polar surface area (TPSA) is 55.8 Å². The number of ether oxygens (including phenoxy) is 2. The van der Waals surface area contributed by atoms with Crippen LogP contribution in [0.3, 0.4) is 0 Å². The molecule has 0 aromatic heterocycles. The molecular formula is C31H38O4. The highest BCUT2D eigenvalue weighted by molar-refractivity contribution is 5.93. The molecule has 1 N–H and O–H groups in total. The lowest BCUT2D eigenvalue weighted by molar-refractivity contribution is -0.114. The quantitative estimate of drug-likeness (QED) is 0.567. The van der Waals surface area contributed by atoms with Gasteiger partial charge in [0.2, 0.25) is 0 Å². The van der Waals surface area contributed by atoms with E-state index in [0.717, 1.165) is 37.9 Å². The van der Waals surface area contributed by atoms with Crippen LogP contribution in [0.15, 0.2) is 47.1 Å². The fourth-order valence-electron chi connectivity index (χ4n) is 7.33. The third-order valence-corrected chi connectivity index (χ3v) is 9.46. The average Bonchev–Trinajstić information content (AvgIpc) is 3.12. The second-order valence-electron chi connectivity index (χ2n) is 11.6. The molecule has 4 heteroatoms. The molecule has 35 heavy (non-hydrogen) atoms. The third-order valence-electron chi connectivity index (χ3n) is 9.46. The molecular weight excluding hydrogens is 436 g/mol. The minimum atomic E-state index is -1.06. The normalized spacial score (nSPS) is 34.3. The highest BCUT2D eigenvalue weighted by Gasteiger charge is 2.62. The van der Waals surface area contributed by atoms with Gasteiger partial charge in [-0.25, -0.2) is 0 Å². The number of hydrogen-bond donors (Lipinski definition) is 1. The van der Waals surface area contributed by atoms with Crippen LogP contribution in [0.25, 0.3) is 0 Å². The number of hydrogen-bond acceptors (Lipinski definition) is 4. The van der Waals surface area contributed by atoms with Gasteiger partial charge in [-0.15, -0.1) is 0 Å². The monoisotopic (exact) mass is 474 g/mol. The van der Waals surface area contributed by atoms with Crippen molar-refractivity contribution in [3.8, 4) is 17.6 Å². The lowest BCUT2D eigenvalue weighted by Crippen LogP contribution is -2.51. The van der Waals surface area contributed by atoms with Gasteiger partial charge < -0.3 is 14.6 Å². The molecule has 186 valence electrons. The zero-order valence-corrected chi connectivity index (χ0v) is 21.7. The second kappa shape index (κ2) is 8.64. The molecule has 1 aromatic rings. The second-order valence-corrected chi connectivity index (χ2v) is 11.6. The van der Waals surface area contributed by atoms with Gasteiger partial charge in [-0.2, -0.15) is 0 Å². The van der Waals surface area contributed by atoms with Crippen LogP contribution in [0.2, 0.25) is 0 Å². The van der Waals surface area contributed by atoms with Crippen molar-refractivity contribution in [3.63, 3.8) is 0 Å². The summed E-state index contributed by atoms with van der Waals surface area (Å²) in [4.78, 5) is 12.2. The van der Waals surface area contributed by atoms with Crippen LogP contribution in [-0.2, 0) is 9.53 Å². The highest BCUT2D eigenvalue weighted by Crippen LogP contribution is 2.66. The average molecular weight is 475 g/mol. The predicted molar refractivity (Wildman–Crippen MR) is 137 cm³/mol. The van der Waals surface area contributed by atoms with Gasteiger partial charge in [0.05, 0.1) is 7.11 Å². The minimum Gasteiger partial charge on any atom is -0.497 e. The van der Waals surface area contributed by atoms with E-state index in [4.69, 9.17) is 9.47 Å². The van der Waals surface area contributed by atoms with E-state index in [9.17, 15) is 9.90 Å². The molecule has 0 aliphatic heterocycles. The Morgan fingerprint density at radius 2 is 1.94 bits per heavy atom. The van der Waals surface area contributed by atoms with Gasteiger partial charge >= 0.3 is 0 Å². The van der Waals surface area contributed by atoms with Crippen LogP contribution in [0.4, 0.5) is 0 Å². The van der Waals surface area contributed by atoms with Crippen LogP contribution >= 0.6 is 0 Å². The molecule has 0 amide bonds. The summed E-state index contributed by atoms with van der Waals surface area (Å²) in [6.07, 6.45) is 7.82. The van der Waals surface area contributed by atoms with E-state index < -0.39 is 11.2 Å². The number of allylic oxidation sites excluding steroid dienone is 4. The van der Waals surface area contributed by atoms with Crippen molar-refractivity contribution in [1.82, 2.24) is 0 Å². The number of aliphatic hydroxyl groups is 1. The van der Waals surface area contributed by atoms with Crippen molar-refractivity contribution < 1.29 is 19.4 Å². The Kier molecular flexibility index (Phi) is 6.01. The van der Waals surface area contributed by atoms with Crippen molar-refractivity contribution >= 4 is 5.78 Å². The SMILES string of the molecule is COc1cccc([C@H]2C[C@@]3(C)[C@@H](CC[C@@]3(O)C#CC(C)(C)OC)[C@@H]3CCC4=CC(=O)CCC4=C32)c1. The Balaban J connectivity index is 1.66. The number of carbonyl (C=O) groups excluding carboxylic acids is 1. The first-order chi connectivity index (χ1) is 16.6. The maximum Gasteiger partial charge on any atom is 0.156 e. The molecule has 2 fully saturated rings. The Labute approximate surface area is 209 Å². The van der Waals surface area contributed by atoms with Gasteiger partial charge in [0, 0.05) is 24.9 Å². The molecule has 4 nitrogen and oxygen atoms in total. The summed E-state index contributed by atoms with van der Waals surface area (Å²) < 4.78 is 11.1. The Hall–Kier alpha value is -2.35. The molecule has 0 radical (unpaired) electrons. The zero-order chi connectivity index (χ0) is 25.0. The number of rotatable bonds is 3. The van der Waals surface area contributed by atoms with Gasteiger partial charge in [0.1, 0.15) is 17.0 Å². The molecule has 4 aliphatic carbocycles. The smallest absolute Gasteiger partial charge is 0.156 e. The summed E-state index contributed by atoms with van der Waals surface area (Å²) in [5, 5.41) is 12.1. The summed E-state index contributed by atoms with van der Waals surface area (Å²) in [5.41, 5.74) is 3.42. The molecule has 0 spiro atoms. The molecule has 0 heterocycles. The van der Waals surface area contributed by atoms with E-state index in [1.807, 2.05) is 26.0 Å². The van der Waals surface area contributed by atoms with Gasteiger partial charge in [-0.3, -0.25) is 4.79 Å². The maximum absolute atomic E-state index is 12.2. The minimum absolute atomic E-state index is 0.171. The maximum atomic E-state index is 12.2. The van der Waals surface area contributed by atoms with E-state index >= 15 is 0 Å². The van der Waals surface area contributed by atoms with Crippen LogP contribution in [-0.4, -0.2) is 36.3 Å². The van der Waals surface area contributed by atoms with Crippen molar-refractivity contribution in [2.24, 2.45) is 17.3 Å². The highest BCUT2D eigenvalue weighted by atomic mass is 16.5. The molecule has 0 saturated heterocycles. The van der Waals surface area contributed by atoms with E-state index in [1.165, 1.54) is 22.3 Å². The first kappa shape index (κ1) is 24.3. The lowest BCUT2D eigenvalue weighted by Gasteiger charge is -2.53. The van der Waals surface area contributed by atoms with E-state index in [-0.39, 0.29) is 17.1 Å². The number of carbonyl (C=O) groups is 1. The van der Waals surface area contributed by atoms with Crippen molar-refractivity contribution in [1.29, 1.82) is 0 Å². The summed E-state index contributed by atoms with van der Waals surface area (Å²) in [6, 6.07) is 8.40. The summed E-state index contributed by atoms with van der Waals surface area (Å²) in [5.74, 6) is 8.62. The predicted octanol–water partition coefficient (Wildman–Crippen LogP) is 5.75. The summed E-state index contributed by atoms with van der Waals surface area (Å²) in [6.45, 7) is 6.16. The van der Waals surface area contributed by atoms with Crippen LogP contribution in [0.5, 0.6) is 5.75 Å². The van der Waals surface area contributed by atoms with E-state index in [1.54, 1.807) is 14.2 Å². The van der Waals surface area contributed by atoms with Crippen molar-refractivity contribution in [3.05, 3.63) is 52.6 Å². The standard InChI is InChI=1S/C31H38O4/c1-29(2,35-5)15-16-31(33)14-13-27-25-11-9-21-17-22(32)10-12-24(21)28(25)26(19-30(27,31)3)20-7-6-8-23(18-20)34-4/h6-8,17-18,25-27,33H,9-14,19H2,1-5H3/t25-,26+,27-,30-,31+/m0/s1. The number of methoxy groups -OCH3 is 2. The Morgan fingerprint density at radius 1 is 1.14 bits per heavy atom. The fraction of sp³-hybridized carbons (Fsp3) is 0.581. The molecule has 1 aromatic carbocycles. The van der Waals surface area contributed by atoms with Crippen LogP contribution in [0, 0.1) is 29.1 Å². The molecule has 2 saturated carbocycles. The first-order valence-corrected chi connectivity index (χ1v) is 13.0.